The SMILES string of the molecule is O=C(CCc1cccc(Cl)c1)NCc1cncc(-c2ccsc2)c1. The molecule has 0 spiro atoms. The summed E-state index contributed by atoms with van der Waals surface area (Å²) in [7, 11) is 0. The molecule has 3 aromatic rings. The van der Waals surface area contributed by atoms with E-state index in [0.717, 1.165) is 22.3 Å². The Bertz CT molecular complexity index is 818. The third-order valence-corrected chi connectivity index (χ3v) is 4.59. The van der Waals surface area contributed by atoms with Crippen LogP contribution in [0.25, 0.3) is 11.1 Å². The van der Waals surface area contributed by atoms with E-state index in [9.17, 15) is 4.79 Å². The highest BCUT2D eigenvalue weighted by Gasteiger charge is 2.05. The van der Waals surface area contributed by atoms with Crippen LogP contribution in [0.3, 0.4) is 0 Å². The lowest BCUT2D eigenvalue weighted by Gasteiger charge is -2.07. The van der Waals surface area contributed by atoms with Crippen LogP contribution in [0.15, 0.2) is 59.6 Å². The van der Waals surface area contributed by atoms with Gasteiger partial charge in [-0.25, -0.2) is 0 Å². The van der Waals surface area contributed by atoms with Gasteiger partial charge in [-0.1, -0.05) is 23.7 Å². The van der Waals surface area contributed by atoms with E-state index in [1.165, 1.54) is 0 Å². The molecule has 5 heteroatoms. The topological polar surface area (TPSA) is 42.0 Å². The van der Waals surface area contributed by atoms with Gasteiger partial charge in [-0.05, 0) is 58.1 Å². The van der Waals surface area contributed by atoms with Crippen molar-refractivity contribution in [3.63, 3.8) is 0 Å². The van der Waals surface area contributed by atoms with Gasteiger partial charge in [-0.2, -0.15) is 11.3 Å². The molecule has 3 nitrogen and oxygen atoms in total. The number of nitrogens with zero attached hydrogens (tertiary/aromatic N) is 1. The lowest BCUT2D eigenvalue weighted by molar-refractivity contribution is -0.121. The van der Waals surface area contributed by atoms with Gasteiger partial charge >= 0.3 is 0 Å². The van der Waals surface area contributed by atoms with E-state index >= 15 is 0 Å². The molecule has 0 unspecified atom stereocenters. The number of benzene rings is 1. The summed E-state index contributed by atoms with van der Waals surface area (Å²) in [4.78, 5) is 16.3. The molecule has 0 aliphatic rings. The molecule has 0 radical (unpaired) electrons. The minimum Gasteiger partial charge on any atom is -0.352 e. The predicted octanol–water partition coefficient (Wildman–Crippen LogP) is 4.71. The number of amides is 1. The molecule has 1 amide bonds. The molecule has 2 heterocycles. The summed E-state index contributed by atoms with van der Waals surface area (Å²) in [6.07, 6.45) is 4.75. The number of carbonyl (C=O) groups is 1. The van der Waals surface area contributed by atoms with Gasteiger partial charge in [0, 0.05) is 35.9 Å². The average molecular weight is 357 g/mol. The molecular formula is C19H17ClN2OS. The summed E-state index contributed by atoms with van der Waals surface area (Å²) < 4.78 is 0. The zero-order valence-corrected chi connectivity index (χ0v) is 14.6. The highest BCUT2D eigenvalue weighted by Crippen LogP contribution is 2.21. The monoisotopic (exact) mass is 356 g/mol. The number of aryl methyl sites for hydroxylation is 1. The number of thiophene rings is 1. The van der Waals surface area contributed by atoms with Crippen LogP contribution in [0.2, 0.25) is 5.02 Å². The maximum Gasteiger partial charge on any atom is 0.220 e. The van der Waals surface area contributed by atoms with Crippen LogP contribution < -0.4 is 5.32 Å². The average Bonchev–Trinajstić information content (AvgIpc) is 3.13. The van der Waals surface area contributed by atoms with Crippen molar-refractivity contribution in [1.82, 2.24) is 10.3 Å². The Balaban J connectivity index is 1.52. The van der Waals surface area contributed by atoms with Crippen LogP contribution in [-0.4, -0.2) is 10.9 Å². The van der Waals surface area contributed by atoms with E-state index in [1.807, 2.05) is 35.8 Å². The molecule has 122 valence electrons. The quantitative estimate of drug-likeness (QED) is 0.694. The largest absolute Gasteiger partial charge is 0.352 e. The zero-order chi connectivity index (χ0) is 16.8. The van der Waals surface area contributed by atoms with Gasteiger partial charge in [0.25, 0.3) is 0 Å². The second-order valence-corrected chi connectivity index (χ2v) is 6.72. The number of rotatable bonds is 6. The summed E-state index contributed by atoms with van der Waals surface area (Å²) in [6, 6.07) is 11.7. The first-order valence-electron chi connectivity index (χ1n) is 7.68. The highest BCUT2D eigenvalue weighted by molar-refractivity contribution is 7.08. The first-order valence-corrected chi connectivity index (χ1v) is 9.00. The number of halogens is 1. The van der Waals surface area contributed by atoms with Gasteiger partial charge in [0.05, 0.1) is 0 Å². The Morgan fingerprint density at radius 2 is 2.04 bits per heavy atom. The van der Waals surface area contributed by atoms with Gasteiger partial charge in [0.1, 0.15) is 0 Å². The third-order valence-electron chi connectivity index (χ3n) is 3.67. The molecule has 24 heavy (non-hydrogen) atoms. The number of hydrogen-bond acceptors (Lipinski definition) is 3. The van der Waals surface area contributed by atoms with Gasteiger partial charge in [0.2, 0.25) is 5.91 Å². The van der Waals surface area contributed by atoms with E-state index in [4.69, 9.17) is 11.6 Å². The van der Waals surface area contributed by atoms with Gasteiger partial charge in [0.15, 0.2) is 0 Å². The lowest BCUT2D eigenvalue weighted by Crippen LogP contribution is -2.23. The first kappa shape index (κ1) is 16.7. The number of pyridine rings is 1. The zero-order valence-electron chi connectivity index (χ0n) is 13.0. The normalized spacial score (nSPS) is 10.5. The Hall–Kier alpha value is -2.17. The summed E-state index contributed by atoms with van der Waals surface area (Å²) >= 11 is 7.61. The van der Waals surface area contributed by atoms with E-state index < -0.39 is 0 Å². The standard InChI is InChI=1S/C19H17ClN2OS/c20-18-3-1-2-14(9-18)4-5-19(23)22-11-15-8-17(12-21-10-15)16-6-7-24-13-16/h1-3,6-10,12-13H,4-5,11H2,(H,22,23). The van der Waals surface area contributed by atoms with Crippen LogP contribution >= 0.6 is 22.9 Å². The van der Waals surface area contributed by atoms with Crippen LogP contribution in [-0.2, 0) is 17.8 Å². The second-order valence-electron chi connectivity index (χ2n) is 5.50. The minimum absolute atomic E-state index is 0.0240. The van der Waals surface area contributed by atoms with Crippen LogP contribution in [0.5, 0.6) is 0 Å². The smallest absolute Gasteiger partial charge is 0.220 e. The Labute approximate surface area is 150 Å². The Morgan fingerprint density at radius 1 is 1.12 bits per heavy atom. The molecule has 3 rings (SSSR count). The summed E-state index contributed by atoms with van der Waals surface area (Å²) in [5.74, 6) is 0.0240. The molecule has 0 atom stereocenters. The summed E-state index contributed by atoms with van der Waals surface area (Å²) in [6.45, 7) is 0.485. The Kier molecular flexibility index (Phi) is 5.62. The Morgan fingerprint density at radius 3 is 2.83 bits per heavy atom. The lowest BCUT2D eigenvalue weighted by atomic mass is 10.1. The number of nitrogens with one attached hydrogen (secondary N) is 1. The van der Waals surface area contributed by atoms with Crippen molar-refractivity contribution >= 4 is 28.8 Å². The van der Waals surface area contributed by atoms with Gasteiger partial charge < -0.3 is 5.32 Å². The van der Waals surface area contributed by atoms with Crippen LogP contribution in [0, 0.1) is 0 Å². The number of hydrogen-bond donors (Lipinski definition) is 1. The van der Waals surface area contributed by atoms with E-state index in [-0.39, 0.29) is 5.91 Å². The molecule has 0 aliphatic heterocycles. The molecule has 0 fully saturated rings. The van der Waals surface area contributed by atoms with Gasteiger partial charge in [-0.15, -0.1) is 0 Å². The molecule has 1 N–H and O–H groups in total. The van der Waals surface area contributed by atoms with Crippen molar-refractivity contribution in [2.75, 3.05) is 0 Å². The van der Waals surface area contributed by atoms with Crippen molar-refractivity contribution in [3.05, 3.63) is 75.7 Å². The molecular weight excluding hydrogens is 340 g/mol. The predicted molar refractivity (Wildman–Crippen MR) is 99.2 cm³/mol. The maximum absolute atomic E-state index is 12.0. The minimum atomic E-state index is 0.0240. The molecule has 2 aromatic heterocycles. The second kappa shape index (κ2) is 8.08. The van der Waals surface area contributed by atoms with E-state index in [0.29, 0.717) is 24.4 Å². The van der Waals surface area contributed by atoms with E-state index in [1.54, 1.807) is 17.5 Å². The molecule has 0 bridgehead atoms. The molecule has 1 aromatic carbocycles. The fourth-order valence-electron chi connectivity index (χ4n) is 2.41. The number of aromatic nitrogens is 1. The van der Waals surface area contributed by atoms with E-state index in [2.05, 4.69) is 27.8 Å². The molecule has 0 aliphatic carbocycles. The van der Waals surface area contributed by atoms with Crippen molar-refractivity contribution in [3.8, 4) is 11.1 Å². The molecule has 0 saturated heterocycles. The van der Waals surface area contributed by atoms with Crippen LogP contribution in [0.4, 0.5) is 0 Å². The van der Waals surface area contributed by atoms with Crippen molar-refractivity contribution in [2.45, 2.75) is 19.4 Å². The van der Waals surface area contributed by atoms with Crippen molar-refractivity contribution in [1.29, 1.82) is 0 Å². The fraction of sp³-hybridized carbons (Fsp3) is 0.158. The van der Waals surface area contributed by atoms with Crippen molar-refractivity contribution < 1.29 is 4.79 Å². The summed E-state index contributed by atoms with van der Waals surface area (Å²) in [5, 5.41) is 7.77. The first-order chi connectivity index (χ1) is 11.7. The highest BCUT2D eigenvalue weighted by atomic mass is 35.5. The van der Waals surface area contributed by atoms with Crippen LogP contribution in [0.1, 0.15) is 17.5 Å². The van der Waals surface area contributed by atoms with Crippen molar-refractivity contribution in [2.24, 2.45) is 0 Å². The molecule has 0 saturated carbocycles. The summed E-state index contributed by atoms with van der Waals surface area (Å²) in [5.41, 5.74) is 4.29. The van der Waals surface area contributed by atoms with Gasteiger partial charge in [-0.3, -0.25) is 9.78 Å². The third kappa shape index (κ3) is 4.66. The maximum atomic E-state index is 12.0. The number of carbonyl (C=O) groups excluding carboxylic acids is 1. The fourth-order valence-corrected chi connectivity index (χ4v) is 3.29.